The highest BCUT2D eigenvalue weighted by Gasteiger charge is 2.35. The van der Waals surface area contributed by atoms with Crippen molar-refractivity contribution in [2.45, 2.75) is 45.1 Å². The van der Waals surface area contributed by atoms with Gasteiger partial charge in [0.05, 0.1) is 0 Å². The first kappa shape index (κ1) is 8.55. The van der Waals surface area contributed by atoms with Crippen LogP contribution in [0, 0.1) is 11.8 Å². The molecule has 1 heterocycles. The van der Waals surface area contributed by atoms with Gasteiger partial charge in [0, 0.05) is 6.04 Å². The Hall–Kier alpha value is -0.0400. The standard InChI is InChI=1S/C11H21N/c1-9-5-3-6-10-7-4-8-12(2)11(9)10/h9-11H,3-8H2,1-2H3/t9-,10+,11-/m0/s1. The second-order valence-electron chi connectivity index (χ2n) is 4.78. The quantitative estimate of drug-likeness (QED) is 0.536. The van der Waals surface area contributed by atoms with Gasteiger partial charge >= 0.3 is 0 Å². The van der Waals surface area contributed by atoms with Crippen LogP contribution in [0.5, 0.6) is 0 Å². The van der Waals surface area contributed by atoms with Gasteiger partial charge in [0.2, 0.25) is 0 Å². The second-order valence-corrected chi connectivity index (χ2v) is 4.78. The molecule has 1 nitrogen and oxygen atoms in total. The number of likely N-dealkylation sites (tertiary alicyclic amines) is 1. The summed E-state index contributed by atoms with van der Waals surface area (Å²) in [4.78, 5) is 2.61. The van der Waals surface area contributed by atoms with Crippen molar-refractivity contribution in [2.75, 3.05) is 13.6 Å². The van der Waals surface area contributed by atoms with Crippen LogP contribution in [0.15, 0.2) is 0 Å². The lowest BCUT2D eigenvalue weighted by Gasteiger charge is -2.45. The molecule has 70 valence electrons. The Labute approximate surface area is 76.1 Å². The molecule has 0 spiro atoms. The highest BCUT2D eigenvalue weighted by atomic mass is 15.1. The predicted molar refractivity (Wildman–Crippen MR) is 52.2 cm³/mol. The van der Waals surface area contributed by atoms with Gasteiger partial charge in [-0.1, -0.05) is 13.3 Å². The smallest absolute Gasteiger partial charge is 0.0146 e. The first-order valence-electron chi connectivity index (χ1n) is 5.49. The minimum atomic E-state index is 0.924. The lowest BCUT2D eigenvalue weighted by Crippen LogP contribution is -2.48. The zero-order valence-corrected chi connectivity index (χ0v) is 8.42. The molecular formula is C11H21N. The molecule has 2 aliphatic rings. The lowest BCUT2D eigenvalue weighted by atomic mass is 9.73. The van der Waals surface area contributed by atoms with Crippen LogP contribution in [0.25, 0.3) is 0 Å². The molecule has 2 rings (SSSR count). The van der Waals surface area contributed by atoms with Crippen molar-refractivity contribution < 1.29 is 0 Å². The van der Waals surface area contributed by atoms with Crippen LogP contribution >= 0.6 is 0 Å². The molecule has 1 aliphatic heterocycles. The Bertz CT molecular complexity index is 139. The van der Waals surface area contributed by atoms with Crippen molar-refractivity contribution in [3.63, 3.8) is 0 Å². The summed E-state index contributed by atoms with van der Waals surface area (Å²) < 4.78 is 0. The van der Waals surface area contributed by atoms with E-state index in [0.717, 1.165) is 17.9 Å². The number of fused-ring (bicyclic) bond motifs is 1. The fraction of sp³-hybridized carbons (Fsp3) is 1.00. The summed E-state index contributed by atoms with van der Waals surface area (Å²) in [5.41, 5.74) is 0. The summed E-state index contributed by atoms with van der Waals surface area (Å²) in [6.45, 7) is 3.78. The Kier molecular flexibility index (Phi) is 2.40. The normalized spacial score (nSPS) is 44.0. The zero-order valence-electron chi connectivity index (χ0n) is 8.42. The third-order valence-corrected chi connectivity index (χ3v) is 3.90. The lowest BCUT2D eigenvalue weighted by molar-refractivity contribution is 0.0448. The second kappa shape index (κ2) is 3.37. The van der Waals surface area contributed by atoms with Gasteiger partial charge in [-0.2, -0.15) is 0 Å². The molecule has 2 fully saturated rings. The average molecular weight is 167 g/mol. The molecule has 1 saturated heterocycles. The van der Waals surface area contributed by atoms with E-state index < -0.39 is 0 Å². The van der Waals surface area contributed by atoms with Crippen molar-refractivity contribution in [1.29, 1.82) is 0 Å². The fourth-order valence-electron chi connectivity index (χ4n) is 3.37. The van der Waals surface area contributed by atoms with Crippen molar-refractivity contribution in [1.82, 2.24) is 4.90 Å². The summed E-state index contributed by atoms with van der Waals surface area (Å²) in [6.07, 6.45) is 7.38. The Morgan fingerprint density at radius 1 is 1.08 bits per heavy atom. The van der Waals surface area contributed by atoms with Gasteiger partial charge in [0.25, 0.3) is 0 Å². The van der Waals surface area contributed by atoms with Crippen LogP contribution in [0.2, 0.25) is 0 Å². The van der Waals surface area contributed by atoms with Crippen LogP contribution in [0.1, 0.15) is 39.0 Å². The molecule has 0 amide bonds. The highest BCUT2D eigenvalue weighted by Crippen LogP contribution is 2.37. The third kappa shape index (κ3) is 1.39. The van der Waals surface area contributed by atoms with Gasteiger partial charge in [-0.3, -0.25) is 0 Å². The fourth-order valence-corrected chi connectivity index (χ4v) is 3.37. The molecule has 1 aliphatic carbocycles. The number of piperidine rings is 1. The minimum absolute atomic E-state index is 0.924. The molecule has 0 aromatic rings. The van der Waals surface area contributed by atoms with Crippen LogP contribution in [0.4, 0.5) is 0 Å². The van der Waals surface area contributed by atoms with E-state index in [9.17, 15) is 0 Å². The van der Waals surface area contributed by atoms with E-state index in [1.54, 1.807) is 0 Å². The topological polar surface area (TPSA) is 3.24 Å². The van der Waals surface area contributed by atoms with Crippen molar-refractivity contribution in [3.05, 3.63) is 0 Å². The maximum atomic E-state index is 2.61. The molecule has 1 heteroatoms. The molecule has 12 heavy (non-hydrogen) atoms. The molecule has 0 aromatic heterocycles. The van der Waals surface area contributed by atoms with Crippen LogP contribution in [-0.4, -0.2) is 24.5 Å². The van der Waals surface area contributed by atoms with E-state index in [1.165, 1.54) is 38.6 Å². The number of nitrogens with zero attached hydrogens (tertiary/aromatic N) is 1. The van der Waals surface area contributed by atoms with Gasteiger partial charge in [-0.05, 0) is 51.1 Å². The molecule has 0 unspecified atom stereocenters. The molecule has 1 saturated carbocycles. The van der Waals surface area contributed by atoms with Crippen molar-refractivity contribution in [3.8, 4) is 0 Å². The Morgan fingerprint density at radius 2 is 1.83 bits per heavy atom. The van der Waals surface area contributed by atoms with Gasteiger partial charge in [-0.15, -0.1) is 0 Å². The minimum Gasteiger partial charge on any atom is -0.303 e. The summed E-state index contributed by atoms with van der Waals surface area (Å²) >= 11 is 0. The predicted octanol–water partition coefficient (Wildman–Crippen LogP) is 2.52. The van der Waals surface area contributed by atoms with Gasteiger partial charge in [0.15, 0.2) is 0 Å². The molecule has 0 radical (unpaired) electrons. The maximum absolute atomic E-state index is 2.61. The van der Waals surface area contributed by atoms with Crippen LogP contribution in [-0.2, 0) is 0 Å². The Morgan fingerprint density at radius 3 is 2.58 bits per heavy atom. The molecule has 3 atom stereocenters. The molecule has 0 N–H and O–H groups in total. The summed E-state index contributed by atoms with van der Waals surface area (Å²) in [5, 5.41) is 0. The highest BCUT2D eigenvalue weighted by molar-refractivity contribution is 4.89. The number of rotatable bonds is 0. The van der Waals surface area contributed by atoms with Gasteiger partial charge < -0.3 is 4.90 Å². The van der Waals surface area contributed by atoms with Crippen molar-refractivity contribution in [2.24, 2.45) is 11.8 Å². The first-order valence-corrected chi connectivity index (χ1v) is 5.49. The van der Waals surface area contributed by atoms with E-state index in [2.05, 4.69) is 18.9 Å². The maximum Gasteiger partial charge on any atom is 0.0146 e. The molecular weight excluding hydrogens is 146 g/mol. The van der Waals surface area contributed by atoms with Crippen molar-refractivity contribution >= 4 is 0 Å². The van der Waals surface area contributed by atoms with E-state index in [4.69, 9.17) is 0 Å². The summed E-state index contributed by atoms with van der Waals surface area (Å²) in [6, 6.07) is 0.924. The first-order chi connectivity index (χ1) is 5.79. The Balaban J connectivity index is 2.07. The van der Waals surface area contributed by atoms with Gasteiger partial charge in [-0.25, -0.2) is 0 Å². The monoisotopic (exact) mass is 167 g/mol. The summed E-state index contributed by atoms with van der Waals surface area (Å²) in [5.74, 6) is 1.99. The van der Waals surface area contributed by atoms with E-state index in [-0.39, 0.29) is 0 Å². The van der Waals surface area contributed by atoms with E-state index in [1.807, 2.05) is 0 Å². The van der Waals surface area contributed by atoms with E-state index >= 15 is 0 Å². The zero-order chi connectivity index (χ0) is 8.55. The molecule has 0 aromatic carbocycles. The van der Waals surface area contributed by atoms with Crippen LogP contribution in [0.3, 0.4) is 0 Å². The van der Waals surface area contributed by atoms with Crippen LogP contribution < -0.4 is 0 Å². The summed E-state index contributed by atoms with van der Waals surface area (Å²) in [7, 11) is 2.32. The average Bonchev–Trinajstić information content (AvgIpc) is 2.04. The molecule has 0 bridgehead atoms. The largest absolute Gasteiger partial charge is 0.303 e. The third-order valence-electron chi connectivity index (χ3n) is 3.90. The number of hydrogen-bond acceptors (Lipinski definition) is 1. The van der Waals surface area contributed by atoms with Gasteiger partial charge in [0.1, 0.15) is 0 Å². The number of hydrogen-bond donors (Lipinski definition) is 0. The van der Waals surface area contributed by atoms with E-state index in [0.29, 0.717) is 0 Å². The SMILES string of the molecule is C[C@H]1CCC[C@@H]2CCCN(C)[C@H]21.